The van der Waals surface area contributed by atoms with Gasteiger partial charge in [-0.2, -0.15) is 0 Å². The molecule has 2 aromatic carbocycles. The predicted octanol–water partition coefficient (Wildman–Crippen LogP) is 5.89. The van der Waals surface area contributed by atoms with E-state index in [1.54, 1.807) is 11.9 Å². The first-order chi connectivity index (χ1) is 32.5. The maximum absolute atomic E-state index is 14.8. The molecule has 0 saturated carbocycles. The number of amides is 4. The van der Waals surface area contributed by atoms with Gasteiger partial charge in [0.2, 0.25) is 11.8 Å². The van der Waals surface area contributed by atoms with E-state index in [2.05, 4.69) is 96.2 Å². The Morgan fingerprint density at radius 2 is 1.79 bits per heavy atom. The van der Waals surface area contributed by atoms with E-state index in [0.717, 1.165) is 58.2 Å². The molecule has 2 saturated heterocycles. The van der Waals surface area contributed by atoms with Crippen molar-refractivity contribution in [2.45, 2.75) is 111 Å². The molecule has 14 nitrogen and oxygen atoms in total. The molecular weight excluding hydrogens is 857 g/mol. The van der Waals surface area contributed by atoms with Crippen LogP contribution in [0.3, 0.4) is 0 Å². The molecule has 6 bridgehead atoms. The normalized spacial score (nSPS) is 20.1. The fourth-order valence-electron chi connectivity index (χ4n) is 10.2. The highest BCUT2D eigenvalue weighted by Crippen LogP contribution is 2.41. The maximum Gasteiger partial charge on any atom is 0.324 e. The van der Waals surface area contributed by atoms with Crippen molar-refractivity contribution < 1.29 is 28.7 Å². The number of aromatic nitrogens is 2. The van der Waals surface area contributed by atoms with Gasteiger partial charge in [-0.3, -0.25) is 38.9 Å². The van der Waals surface area contributed by atoms with Crippen molar-refractivity contribution in [1.82, 2.24) is 40.0 Å². The van der Waals surface area contributed by atoms with Crippen LogP contribution in [0.5, 0.6) is 0 Å². The number of nitrogens with one attached hydrogen (secondary N) is 2. The van der Waals surface area contributed by atoms with E-state index in [4.69, 9.17) is 4.74 Å². The molecule has 3 aliphatic rings. The summed E-state index contributed by atoms with van der Waals surface area (Å²) < 4.78 is 8.52. The number of fused-ring (bicyclic) bond motifs is 6. The van der Waals surface area contributed by atoms with Gasteiger partial charge in [-0.15, -0.1) is 0 Å². The summed E-state index contributed by atoms with van der Waals surface area (Å²) in [4.78, 5) is 79.8. The molecule has 2 aromatic heterocycles. The molecule has 7 rings (SSSR count). The quantitative estimate of drug-likeness (QED) is 0.147. The monoisotopic (exact) mass is 927 g/mol. The summed E-state index contributed by atoms with van der Waals surface area (Å²) in [6, 6.07) is 14.1. The van der Waals surface area contributed by atoms with Crippen LogP contribution in [-0.4, -0.2) is 131 Å². The fourth-order valence-corrected chi connectivity index (χ4v) is 10.2. The van der Waals surface area contributed by atoms with Crippen molar-refractivity contribution in [2.24, 2.45) is 17.3 Å². The molecule has 362 valence electrons. The van der Waals surface area contributed by atoms with Crippen molar-refractivity contribution in [3.8, 4) is 34.2 Å². The number of nitrogens with zero attached hydrogens (tertiary/aromatic N) is 6. The summed E-state index contributed by atoms with van der Waals surface area (Å²) in [6.45, 7) is 14.7. The first-order valence-electron chi connectivity index (χ1n) is 24.4. The van der Waals surface area contributed by atoms with Crippen molar-refractivity contribution in [3.63, 3.8) is 0 Å². The number of benzene rings is 2. The number of rotatable bonds is 10. The van der Waals surface area contributed by atoms with Crippen LogP contribution in [-0.2, 0) is 54.5 Å². The second kappa shape index (κ2) is 21.5. The SMILES string of the molecule is CCCc1ccncc1-c1c2c3cc(ccc3n1CC)-c1cccc(c1)CC(NC(=O)C(C(C)C)N(C)C(=O)[C@H]1CCN(C(=O)C#CCN(C)C)C1)C(=O)N1CCC[C@H](N1)C(=O)OCC(C)(C)C2. The van der Waals surface area contributed by atoms with E-state index in [9.17, 15) is 24.0 Å². The van der Waals surface area contributed by atoms with Gasteiger partial charge in [0.1, 0.15) is 18.1 Å². The number of aryl methyl sites for hydroxylation is 2. The molecule has 4 atom stereocenters. The largest absolute Gasteiger partial charge is 0.464 e. The highest BCUT2D eigenvalue weighted by atomic mass is 16.5. The van der Waals surface area contributed by atoms with Gasteiger partial charge in [-0.05, 0) is 111 Å². The Kier molecular flexibility index (Phi) is 15.8. The van der Waals surface area contributed by atoms with Crippen LogP contribution in [0.1, 0.15) is 83.9 Å². The standard InChI is InChI=1S/C54H70N8O6/c1-10-15-37-22-24-55-32-43(37)49-42-31-54(5,6)34-68-53(67)44-18-13-26-62(57-44)52(66)45(29-36-16-12-17-38(28-36)39-20-21-46(41(42)30-39)61(49)11-2)56-50(64)48(35(3)4)59(9)51(65)40-23-27-60(33-40)47(63)19-14-25-58(7)8/h12,16-17,20-22,24,28,30,32,35,40,44-45,48,57H,10-11,13,15,18,23,25-27,29,31,33-34H2,1-9H3,(H,56,64)/t40-,44-,45?,48?/m0/s1. The van der Waals surface area contributed by atoms with Crippen molar-refractivity contribution in [2.75, 3.05) is 53.9 Å². The van der Waals surface area contributed by atoms with Gasteiger partial charge >= 0.3 is 5.97 Å². The molecule has 0 spiro atoms. The zero-order valence-electron chi connectivity index (χ0n) is 41.5. The van der Waals surface area contributed by atoms with E-state index in [1.165, 1.54) is 21.0 Å². The lowest BCUT2D eigenvalue weighted by Gasteiger charge is -2.37. The van der Waals surface area contributed by atoms with Gasteiger partial charge in [0.25, 0.3) is 11.8 Å². The summed E-state index contributed by atoms with van der Waals surface area (Å²) in [5.74, 6) is 2.89. The van der Waals surface area contributed by atoms with Crippen LogP contribution in [0.25, 0.3) is 33.3 Å². The lowest BCUT2D eigenvalue weighted by Crippen LogP contribution is -2.62. The molecule has 2 N–H and O–H groups in total. The lowest BCUT2D eigenvalue weighted by atomic mass is 9.84. The minimum Gasteiger partial charge on any atom is -0.464 e. The average Bonchev–Trinajstić information content (AvgIpc) is 3.93. The number of hydrazine groups is 1. The average molecular weight is 927 g/mol. The van der Waals surface area contributed by atoms with Crippen LogP contribution < -0.4 is 10.7 Å². The number of hydrogen-bond donors (Lipinski definition) is 2. The number of hydrogen-bond acceptors (Lipinski definition) is 9. The van der Waals surface area contributed by atoms with Gasteiger partial charge in [-0.25, -0.2) is 5.43 Å². The minimum atomic E-state index is -1.05. The summed E-state index contributed by atoms with van der Waals surface area (Å²) in [5.41, 5.74) is 11.3. The predicted molar refractivity (Wildman–Crippen MR) is 265 cm³/mol. The van der Waals surface area contributed by atoms with Crippen LogP contribution in [0.15, 0.2) is 60.9 Å². The number of likely N-dealkylation sites (N-methyl/N-ethyl adjacent to an activating group) is 1. The highest BCUT2D eigenvalue weighted by Gasteiger charge is 2.40. The molecule has 4 aromatic rings. The minimum absolute atomic E-state index is 0.155. The van der Waals surface area contributed by atoms with Crippen LogP contribution in [0.2, 0.25) is 0 Å². The summed E-state index contributed by atoms with van der Waals surface area (Å²) >= 11 is 0. The maximum atomic E-state index is 14.8. The summed E-state index contributed by atoms with van der Waals surface area (Å²) in [6.07, 6.45) is 8.05. The Morgan fingerprint density at radius 1 is 1.01 bits per heavy atom. The van der Waals surface area contributed by atoms with Crippen molar-refractivity contribution in [3.05, 3.63) is 77.6 Å². The highest BCUT2D eigenvalue weighted by molar-refractivity contribution is 5.97. The number of cyclic esters (lactones) is 1. The molecule has 2 fully saturated rings. The zero-order chi connectivity index (χ0) is 48.9. The molecule has 0 radical (unpaired) electrons. The number of esters is 1. The van der Waals surface area contributed by atoms with Crippen molar-refractivity contribution >= 4 is 40.5 Å². The Morgan fingerprint density at radius 3 is 2.53 bits per heavy atom. The van der Waals surface area contributed by atoms with Crippen LogP contribution in [0.4, 0.5) is 0 Å². The van der Waals surface area contributed by atoms with Gasteiger partial charge in [-0.1, -0.05) is 77.3 Å². The van der Waals surface area contributed by atoms with E-state index in [-0.39, 0.29) is 37.3 Å². The smallest absolute Gasteiger partial charge is 0.324 e. The van der Waals surface area contributed by atoms with Gasteiger partial charge in [0.15, 0.2) is 0 Å². The molecular formula is C54H70N8O6. The Bertz CT molecular complexity index is 2590. The Labute approximate surface area is 402 Å². The molecule has 5 heterocycles. The summed E-state index contributed by atoms with van der Waals surface area (Å²) in [7, 11) is 5.37. The second-order valence-electron chi connectivity index (χ2n) is 20.2. The second-order valence-corrected chi connectivity index (χ2v) is 20.2. The van der Waals surface area contributed by atoms with E-state index in [0.29, 0.717) is 45.3 Å². The number of carbonyl (C=O) groups is 5. The molecule has 14 heteroatoms. The third-order valence-electron chi connectivity index (χ3n) is 13.6. The first kappa shape index (κ1) is 49.9. The van der Waals surface area contributed by atoms with E-state index in [1.807, 2.05) is 57.4 Å². The van der Waals surface area contributed by atoms with Crippen LogP contribution >= 0.6 is 0 Å². The third kappa shape index (κ3) is 11.1. The summed E-state index contributed by atoms with van der Waals surface area (Å²) in [5, 5.41) is 5.64. The van der Waals surface area contributed by atoms with Crippen LogP contribution in [0, 0.1) is 29.1 Å². The topological polar surface area (TPSA) is 149 Å². The molecule has 3 aliphatic heterocycles. The number of ether oxygens (including phenoxy) is 1. The third-order valence-corrected chi connectivity index (χ3v) is 13.6. The molecule has 2 unspecified atom stereocenters. The fraction of sp³-hybridized carbons (Fsp3) is 0.519. The van der Waals surface area contributed by atoms with Gasteiger partial charge in [0, 0.05) is 73.9 Å². The number of pyridine rings is 1. The van der Waals surface area contributed by atoms with E-state index < -0.39 is 47.2 Å². The zero-order valence-corrected chi connectivity index (χ0v) is 41.5. The lowest BCUT2D eigenvalue weighted by molar-refractivity contribution is -0.155. The van der Waals surface area contributed by atoms with Crippen molar-refractivity contribution in [1.29, 1.82) is 0 Å². The van der Waals surface area contributed by atoms with Gasteiger partial charge < -0.3 is 24.4 Å². The molecule has 4 amide bonds. The molecule has 68 heavy (non-hydrogen) atoms. The number of likely N-dealkylation sites (tertiary alicyclic amines) is 1. The Hall–Kier alpha value is -6.04. The van der Waals surface area contributed by atoms with E-state index >= 15 is 0 Å². The molecule has 0 aliphatic carbocycles. The Balaban J connectivity index is 1.24. The first-order valence-corrected chi connectivity index (χ1v) is 24.4. The van der Waals surface area contributed by atoms with Gasteiger partial charge in [0.05, 0.1) is 24.8 Å². The number of carbonyl (C=O) groups excluding carboxylic acids is 5.